The molecule has 2 aromatic rings. The Bertz CT molecular complexity index is 451. The van der Waals surface area contributed by atoms with Gasteiger partial charge in [-0.2, -0.15) is 12.6 Å². The monoisotopic (exact) mass is 250 g/mol. The van der Waals surface area contributed by atoms with E-state index in [0.29, 0.717) is 0 Å². The summed E-state index contributed by atoms with van der Waals surface area (Å²) < 4.78 is 0. The van der Waals surface area contributed by atoms with E-state index in [1.165, 1.54) is 10.6 Å². The van der Waals surface area contributed by atoms with E-state index in [1.54, 1.807) is 23.7 Å². The summed E-state index contributed by atoms with van der Waals surface area (Å²) in [6.07, 6.45) is 5.77. The highest BCUT2D eigenvalue weighted by molar-refractivity contribution is 7.79. The fraction of sp³-hybridized carbons (Fsp3) is 0.333. The lowest BCUT2D eigenvalue weighted by Gasteiger charge is -1.94. The maximum Gasteiger partial charge on any atom is 0.124 e. The number of hydrogen-bond donors (Lipinski definition) is 1. The van der Waals surface area contributed by atoms with Crippen molar-refractivity contribution in [2.24, 2.45) is 0 Å². The first-order valence-electron chi connectivity index (χ1n) is 5.35. The SMILES string of the molecule is CCCc1nc(-c2ccncc2)sc1CS. The third-order valence-corrected chi connectivity index (χ3v) is 4.01. The average Bonchev–Trinajstić information content (AvgIpc) is 2.74. The van der Waals surface area contributed by atoms with E-state index in [-0.39, 0.29) is 0 Å². The molecule has 0 fully saturated rings. The van der Waals surface area contributed by atoms with Crippen molar-refractivity contribution in [3.8, 4) is 10.6 Å². The number of hydrogen-bond acceptors (Lipinski definition) is 4. The minimum absolute atomic E-state index is 0.776. The normalized spacial score (nSPS) is 10.6. The number of aryl methyl sites for hydroxylation is 1. The van der Waals surface area contributed by atoms with Gasteiger partial charge in [0.25, 0.3) is 0 Å². The number of thiol groups is 1. The van der Waals surface area contributed by atoms with Crippen LogP contribution in [-0.4, -0.2) is 9.97 Å². The first kappa shape index (κ1) is 11.6. The van der Waals surface area contributed by atoms with Crippen LogP contribution in [-0.2, 0) is 12.2 Å². The largest absolute Gasteiger partial charge is 0.265 e. The first-order valence-corrected chi connectivity index (χ1v) is 6.80. The summed E-state index contributed by atoms with van der Waals surface area (Å²) in [5, 5.41) is 1.08. The molecule has 0 aliphatic rings. The third-order valence-electron chi connectivity index (χ3n) is 2.34. The van der Waals surface area contributed by atoms with Gasteiger partial charge >= 0.3 is 0 Å². The van der Waals surface area contributed by atoms with Crippen LogP contribution in [0.2, 0.25) is 0 Å². The number of rotatable bonds is 4. The molecule has 2 heterocycles. The van der Waals surface area contributed by atoms with Crippen molar-refractivity contribution < 1.29 is 0 Å². The number of nitrogens with zero attached hydrogens (tertiary/aromatic N) is 2. The smallest absolute Gasteiger partial charge is 0.124 e. The van der Waals surface area contributed by atoms with Crippen molar-refractivity contribution in [2.45, 2.75) is 25.5 Å². The predicted octanol–water partition coefficient (Wildman–Crippen LogP) is 3.59. The van der Waals surface area contributed by atoms with Gasteiger partial charge in [-0.05, 0) is 18.6 Å². The van der Waals surface area contributed by atoms with Gasteiger partial charge in [-0.1, -0.05) is 13.3 Å². The lowest BCUT2D eigenvalue weighted by atomic mass is 10.2. The van der Waals surface area contributed by atoms with Gasteiger partial charge in [0.1, 0.15) is 5.01 Å². The molecular formula is C12H14N2S2. The van der Waals surface area contributed by atoms with Gasteiger partial charge in [0.05, 0.1) is 5.69 Å². The molecule has 0 saturated heterocycles. The van der Waals surface area contributed by atoms with Crippen LogP contribution in [0.15, 0.2) is 24.5 Å². The highest BCUT2D eigenvalue weighted by Gasteiger charge is 2.10. The van der Waals surface area contributed by atoms with Crippen LogP contribution in [0, 0.1) is 0 Å². The van der Waals surface area contributed by atoms with Gasteiger partial charge in [0.15, 0.2) is 0 Å². The van der Waals surface area contributed by atoms with E-state index in [0.717, 1.165) is 29.2 Å². The quantitative estimate of drug-likeness (QED) is 0.839. The summed E-state index contributed by atoms with van der Waals surface area (Å²) in [5.74, 6) is 0.776. The molecule has 0 aliphatic heterocycles. The summed E-state index contributed by atoms with van der Waals surface area (Å²) in [4.78, 5) is 9.99. The van der Waals surface area contributed by atoms with E-state index in [9.17, 15) is 0 Å². The minimum atomic E-state index is 0.776. The molecule has 0 N–H and O–H groups in total. The topological polar surface area (TPSA) is 25.8 Å². The maximum absolute atomic E-state index is 4.68. The standard InChI is InChI=1S/C12H14N2S2/c1-2-3-10-11(8-15)16-12(14-10)9-4-6-13-7-5-9/h4-7,15H,2-3,8H2,1H3. The summed E-state index contributed by atoms with van der Waals surface area (Å²) >= 11 is 6.09. The van der Waals surface area contributed by atoms with Gasteiger partial charge < -0.3 is 0 Å². The Labute approximate surface area is 105 Å². The number of aromatic nitrogens is 2. The Kier molecular flexibility index (Phi) is 3.96. The lowest BCUT2D eigenvalue weighted by molar-refractivity contribution is 0.884. The zero-order valence-electron chi connectivity index (χ0n) is 9.18. The van der Waals surface area contributed by atoms with E-state index in [4.69, 9.17) is 0 Å². The second kappa shape index (κ2) is 5.46. The molecule has 0 saturated carbocycles. The van der Waals surface area contributed by atoms with E-state index < -0.39 is 0 Å². The van der Waals surface area contributed by atoms with Gasteiger partial charge in [-0.15, -0.1) is 11.3 Å². The molecule has 0 radical (unpaired) electrons. The Morgan fingerprint density at radius 3 is 2.69 bits per heavy atom. The van der Waals surface area contributed by atoms with Crippen LogP contribution in [0.5, 0.6) is 0 Å². The Morgan fingerprint density at radius 2 is 2.06 bits per heavy atom. The van der Waals surface area contributed by atoms with Gasteiger partial charge in [0.2, 0.25) is 0 Å². The van der Waals surface area contributed by atoms with E-state index in [2.05, 4.69) is 29.5 Å². The summed E-state index contributed by atoms with van der Waals surface area (Å²) in [6.45, 7) is 2.17. The van der Waals surface area contributed by atoms with Gasteiger partial charge in [0, 0.05) is 28.6 Å². The Morgan fingerprint density at radius 1 is 1.31 bits per heavy atom. The van der Waals surface area contributed by atoms with Gasteiger partial charge in [-0.3, -0.25) is 4.98 Å². The molecule has 2 rings (SSSR count). The second-order valence-corrected chi connectivity index (χ2v) is 4.93. The summed E-state index contributed by atoms with van der Waals surface area (Å²) in [7, 11) is 0. The highest BCUT2D eigenvalue weighted by Crippen LogP contribution is 2.29. The van der Waals surface area contributed by atoms with Crippen molar-refractivity contribution in [3.05, 3.63) is 35.1 Å². The molecule has 2 nitrogen and oxygen atoms in total. The zero-order valence-corrected chi connectivity index (χ0v) is 10.9. The number of thiazole rings is 1. The molecule has 0 amide bonds. The van der Waals surface area contributed by atoms with Crippen LogP contribution >= 0.6 is 24.0 Å². The zero-order chi connectivity index (χ0) is 11.4. The molecular weight excluding hydrogens is 236 g/mol. The molecule has 0 aromatic carbocycles. The fourth-order valence-corrected chi connectivity index (χ4v) is 2.91. The molecule has 84 valence electrons. The van der Waals surface area contributed by atoms with Gasteiger partial charge in [-0.25, -0.2) is 4.98 Å². The predicted molar refractivity (Wildman–Crippen MR) is 72.0 cm³/mol. The van der Waals surface area contributed by atoms with Crippen LogP contribution in [0.1, 0.15) is 23.9 Å². The highest BCUT2D eigenvalue weighted by atomic mass is 32.1. The molecule has 0 unspecified atom stereocenters. The van der Waals surface area contributed by atoms with Crippen molar-refractivity contribution >= 4 is 24.0 Å². The second-order valence-electron chi connectivity index (χ2n) is 3.53. The minimum Gasteiger partial charge on any atom is -0.265 e. The molecule has 0 spiro atoms. The average molecular weight is 250 g/mol. The summed E-state index contributed by atoms with van der Waals surface area (Å²) in [6, 6.07) is 3.99. The van der Waals surface area contributed by atoms with Crippen molar-refractivity contribution in [1.29, 1.82) is 0 Å². The lowest BCUT2D eigenvalue weighted by Crippen LogP contribution is -1.87. The third kappa shape index (κ3) is 2.44. The Hall–Kier alpha value is -0.870. The van der Waals surface area contributed by atoms with Crippen LogP contribution in [0.3, 0.4) is 0 Å². The molecule has 0 bridgehead atoms. The first-order chi connectivity index (χ1) is 7.85. The fourth-order valence-electron chi connectivity index (χ4n) is 1.56. The molecule has 4 heteroatoms. The van der Waals surface area contributed by atoms with Crippen molar-refractivity contribution in [1.82, 2.24) is 9.97 Å². The van der Waals surface area contributed by atoms with Crippen molar-refractivity contribution in [2.75, 3.05) is 0 Å². The molecule has 0 aliphatic carbocycles. The van der Waals surface area contributed by atoms with Crippen LogP contribution in [0.4, 0.5) is 0 Å². The van der Waals surface area contributed by atoms with Crippen LogP contribution in [0.25, 0.3) is 10.6 Å². The Balaban J connectivity index is 2.36. The molecule has 0 atom stereocenters. The van der Waals surface area contributed by atoms with Crippen molar-refractivity contribution in [3.63, 3.8) is 0 Å². The summed E-state index contributed by atoms with van der Waals surface area (Å²) in [5.41, 5.74) is 2.35. The number of pyridine rings is 1. The van der Waals surface area contributed by atoms with Crippen LogP contribution < -0.4 is 0 Å². The van der Waals surface area contributed by atoms with E-state index >= 15 is 0 Å². The van der Waals surface area contributed by atoms with E-state index in [1.807, 2.05) is 12.1 Å². The maximum atomic E-state index is 4.68. The molecule has 16 heavy (non-hydrogen) atoms. The molecule has 2 aromatic heterocycles.